The molecule has 0 bridgehead atoms. The number of nitrogen functional groups attached to an aromatic ring is 2. The van der Waals surface area contributed by atoms with Crippen LogP contribution in [0.25, 0.3) is 0 Å². The van der Waals surface area contributed by atoms with Gasteiger partial charge in [-0.2, -0.15) is 9.97 Å². The molecule has 1 aromatic heterocycles. The minimum absolute atomic E-state index is 0.0198. The van der Waals surface area contributed by atoms with E-state index in [0.717, 1.165) is 6.07 Å². The molecular formula is C11H9BrF3N5O. The molecule has 1 heterocycles. The molecular weight excluding hydrogens is 355 g/mol. The normalized spacial score (nSPS) is 11.2. The van der Waals surface area contributed by atoms with Crippen LogP contribution in [0.4, 0.5) is 36.4 Å². The van der Waals surface area contributed by atoms with Gasteiger partial charge in [0.1, 0.15) is 17.4 Å². The van der Waals surface area contributed by atoms with Crippen LogP contribution in [0.2, 0.25) is 0 Å². The number of ether oxygens (including phenoxy) is 1. The zero-order valence-electron chi connectivity index (χ0n) is 10.3. The largest absolute Gasteiger partial charge is 0.573 e. The van der Waals surface area contributed by atoms with E-state index >= 15 is 0 Å². The second-order valence-corrected chi connectivity index (χ2v) is 4.71. The van der Waals surface area contributed by atoms with E-state index in [4.69, 9.17) is 11.5 Å². The van der Waals surface area contributed by atoms with Gasteiger partial charge in [0.2, 0.25) is 5.95 Å². The fourth-order valence-corrected chi connectivity index (χ4v) is 1.94. The van der Waals surface area contributed by atoms with E-state index in [-0.39, 0.29) is 22.0 Å². The molecule has 0 amide bonds. The third kappa shape index (κ3) is 4.38. The second-order valence-electron chi connectivity index (χ2n) is 3.85. The van der Waals surface area contributed by atoms with Gasteiger partial charge in [-0.3, -0.25) is 0 Å². The Balaban J connectivity index is 2.20. The van der Waals surface area contributed by atoms with Crippen LogP contribution in [-0.2, 0) is 0 Å². The summed E-state index contributed by atoms with van der Waals surface area (Å²) in [7, 11) is 0. The minimum Gasteiger partial charge on any atom is -0.405 e. The second kappa shape index (κ2) is 5.64. The fourth-order valence-electron chi connectivity index (χ4n) is 1.48. The van der Waals surface area contributed by atoms with Crippen molar-refractivity contribution in [3.05, 3.63) is 28.7 Å². The molecule has 0 saturated heterocycles. The van der Waals surface area contributed by atoms with Crippen LogP contribution < -0.4 is 21.5 Å². The summed E-state index contributed by atoms with van der Waals surface area (Å²) in [6.07, 6.45) is -4.76. The lowest BCUT2D eigenvalue weighted by Gasteiger charge is -2.12. The Hall–Kier alpha value is -2.23. The summed E-state index contributed by atoms with van der Waals surface area (Å²) in [6, 6.07) is 5.38. The van der Waals surface area contributed by atoms with Gasteiger partial charge in [0.15, 0.2) is 0 Å². The Bertz CT molecular complexity index is 645. The van der Waals surface area contributed by atoms with Gasteiger partial charge in [0, 0.05) is 11.8 Å². The smallest absolute Gasteiger partial charge is 0.405 e. The maximum atomic E-state index is 12.2. The molecule has 0 unspecified atom stereocenters. The molecule has 6 nitrogen and oxygen atoms in total. The van der Waals surface area contributed by atoms with Crippen LogP contribution in [0.15, 0.2) is 28.7 Å². The predicted octanol–water partition coefficient (Wildman–Crippen LogP) is 3.05. The van der Waals surface area contributed by atoms with Crippen LogP contribution >= 0.6 is 15.9 Å². The number of halogens is 4. The van der Waals surface area contributed by atoms with Crippen molar-refractivity contribution >= 4 is 39.2 Å². The summed E-state index contributed by atoms with van der Waals surface area (Å²) in [5.74, 6) is 0.112. The maximum Gasteiger partial charge on any atom is 0.573 e. The average Bonchev–Trinajstić information content (AvgIpc) is 2.30. The standard InChI is InChI=1S/C11H9BrF3N5O/c12-6-3-5(1-2-7(6)21-11(13,14)15)18-9-4-8(16)19-10(17)20-9/h1-4H,(H5,16,17,18,19,20). The van der Waals surface area contributed by atoms with Crippen molar-refractivity contribution in [3.8, 4) is 5.75 Å². The van der Waals surface area contributed by atoms with Gasteiger partial charge in [-0.25, -0.2) is 0 Å². The number of aromatic nitrogens is 2. The Kier molecular flexibility index (Phi) is 4.07. The van der Waals surface area contributed by atoms with Crippen LogP contribution in [-0.4, -0.2) is 16.3 Å². The number of alkyl halides is 3. The predicted molar refractivity (Wildman–Crippen MR) is 75.0 cm³/mol. The highest BCUT2D eigenvalue weighted by atomic mass is 79.9. The first-order valence-electron chi connectivity index (χ1n) is 5.45. The number of nitrogens with zero attached hydrogens (tertiary/aromatic N) is 2. The summed E-state index contributed by atoms with van der Waals surface area (Å²) in [5, 5.41) is 2.84. The van der Waals surface area contributed by atoms with Gasteiger partial charge in [-0.1, -0.05) is 0 Å². The molecule has 0 spiro atoms. The molecule has 1 aromatic carbocycles. The van der Waals surface area contributed by atoms with Gasteiger partial charge in [-0.15, -0.1) is 13.2 Å². The first-order chi connectivity index (χ1) is 9.73. The molecule has 2 rings (SSSR count). The highest BCUT2D eigenvalue weighted by molar-refractivity contribution is 9.10. The third-order valence-electron chi connectivity index (χ3n) is 2.19. The fraction of sp³-hybridized carbons (Fsp3) is 0.0909. The minimum atomic E-state index is -4.76. The summed E-state index contributed by atoms with van der Waals surface area (Å²) in [4.78, 5) is 7.59. The van der Waals surface area contributed by atoms with E-state index in [1.54, 1.807) is 0 Å². The molecule has 2 aromatic rings. The third-order valence-corrected chi connectivity index (χ3v) is 2.81. The van der Waals surface area contributed by atoms with Crippen molar-refractivity contribution in [3.63, 3.8) is 0 Å². The lowest BCUT2D eigenvalue weighted by molar-refractivity contribution is -0.274. The monoisotopic (exact) mass is 363 g/mol. The van der Waals surface area contributed by atoms with Crippen LogP contribution in [0.1, 0.15) is 0 Å². The van der Waals surface area contributed by atoms with E-state index < -0.39 is 6.36 Å². The van der Waals surface area contributed by atoms with Crippen molar-refractivity contribution in [1.82, 2.24) is 9.97 Å². The number of hydrogen-bond donors (Lipinski definition) is 3. The van der Waals surface area contributed by atoms with E-state index in [0.29, 0.717) is 11.5 Å². The quantitative estimate of drug-likeness (QED) is 0.774. The molecule has 0 aliphatic rings. The average molecular weight is 364 g/mol. The van der Waals surface area contributed by atoms with Crippen LogP contribution in [0.5, 0.6) is 5.75 Å². The number of anilines is 4. The molecule has 0 aliphatic carbocycles. The molecule has 0 saturated carbocycles. The molecule has 0 atom stereocenters. The lowest BCUT2D eigenvalue weighted by atomic mass is 10.3. The Morgan fingerprint density at radius 1 is 1.14 bits per heavy atom. The highest BCUT2D eigenvalue weighted by Crippen LogP contribution is 2.33. The molecule has 5 N–H and O–H groups in total. The van der Waals surface area contributed by atoms with E-state index in [2.05, 4.69) is 36.0 Å². The van der Waals surface area contributed by atoms with Gasteiger partial charge in [0.25, 0.3) is 0 Å². The van der Waals surface area contributed by atoms with Crippen molar-refractivity contribution in [2.24, 2.45) is 0 Å². The van der Waals surface area contributed by atoms with E-state index in [1.807, 2.05) is 0 Å². The molecule has 10 heteroatoms. The van der Waals surface area contributed by atoms with Crippen molar-refractivity contribution in [1.29, 1.82) is 0 Å². The summed E-state index contributed by atoms with van der Waals surface area (Å²) in [6.45, 7) is 0. The number of nitrogens with one attached hydrogen (secondary N) is 1. The van der Waals surface area contributed by atoms with Gasteiger partial charge < -0.3 is 21.5 Å². The Morgan fingerprint density at radius 2 is 1.86 bits per heavy atom. The van der Waals surface area contributed by atoms with Crippen molar-refractivity contribution in [2.45, 2.75) is 6.36 Å². The Labute approximate surface area is 125 Å². The van der Waals surface area contributed by atoms with Crippen molar-refractivity contribution in [2.75, 3.05) is 16.8 Å². The van der Waals surface area contributed by atoms with Gasteiger partial charge >= 0.3 is 6.36 Å². The highest BCUT2D eigenvalue weighted by Gasteiger charge is 2.31. The maximum absolute atomic E-state index is 12.2. The van der Waals surface area contributed by atoms with Crippen LogP contribution in [0, 0.1) is 0 Å². The van der Waals surface area contributed by atoms with Gasteiger partial charge in [0.05, 0.1) is 4.47 Å². The topological polar surface area (TPSA) is 99.1 Å². The SMILES string of the molecule is Nc1cc(Nc2ccc(OC(F)(F)F)c(Br)c2)nc(N)n1. The number of rotatable bonds is 3. The van der Waals surface area contributed by atoms with Gasteiger partial charge in [-0.05, 0) is 34.1 Å². The zero-order chi connectivity index (χ0) is 15.6. The van der Waals surface area contributed by atoms with E-state index in [9.17, 15) is 13.2 Å². The van der Waals surface area contributed by atoms with E-state index in [1.165, 1.54) is 18.2 Å². The summed E-state index contributed by atoms with van der Waals surface area (Å²) >= 11 is 2.99. The number of benzene rings is 1. The number of nitrogens with two attached hydrogens (primary N) is 2. The molecule has 21 heavy (non-hydrogen) atoms. The number of hydrogen-bond acceptors (Lipinski definition) is 6. The first-order valence-corrected chi connectivity index (χ1v) is 6.24. The summed E-state index contributed by atoms with van der Waals surface area (Å²) in [5.41, 5.74) is 11.4. The molecule has 0 aliphatic heterocycles. The molecule has 112 valence electrons. The summed E-state index contributed by atoms with van der Waals surface area (Å²) < 4.78 is 40.4. The Morgan fingerprint density at radius 3 is 2.43 bits per heavy atom. The van der Waals surface area contributed by atoms with Crippen LogP contribution in [0.3, 0.4) is 0 Å². The first kappa shape index (κ1) is 15.2. The zero-order valence-corrected chi connectivity index (χ0v) is 11.9. The van der Waals surface area contributed by atoms with Crippen molar-refractivity contribution < 1.29 is 17.9 Å². The lowest BCUT2D eigenvalue weighted by Crippen LogP contribution is -2.17. The molecule has 0 fully saturated rings. The molecule has 0 radical (unpaired) electrons.